The molecule has 21 heavy (non-hydrogen) atoms. The molecular weight excluding hydrogens is 264 g/mol. The number of rotatable bonds is 4. The van der Waals surface area contributed by atoms with Crippen LogP contribution in [0.4, 0.5) is 0 Å². The first-order chi connectivity index (χ1) is 10.2. The Labute approximate surface area is 130 Å². The number of nitrogens with one attached hydrogen (secondary N) is 1. The summed E-state index contributed by atoms with van der Waals surface area (Å²) in [5.41, 5.74) is 0. The molecule has 0 unspecified atom stereocenters. The van der Waals surface area contributed by atoms with Gasteiger partial charge in [0, 0.05) is 13.1 Å². The Morgan fingerprint density at radius 1 is 1.14 bits per heavy atom. The standard InChI is InChI=1S/C15H28N2O2.C2H6/c1-12(2)13-5-9-17(10-6-13)15(18)11-19-14-3-7-16-8-4-14;1-2/h12-14,16H,3-11H2,1-2H3;1-2H3. The van der Waals surface area contributed by atoms with Crippen LogP contribution in [-0.4, -0.2) is 49.7 Å². The summed E-state index contributed by atoms with van der Waals surface area (Å²) in [4.78, 5) is 14.1. The number of carbonyl (C=O) groups excluding carboxylic acids is 1. The molecule has 0 atom stereocenters. The molecule has 0 aromatic rings. The Balaban J connectivity index is 0.00000106. The maximum Gasteiger partial charge on any atom is 0.248 e. The second-order valence-corrected chi connectivity index (χ2v) is 6.22. The first kappa shape index (κ1) is 18.4. The van der Waals surface area contributed by atoms with Crippen molar-refractivity contribution in [2.45, 2.75) is 59.5 Å². The number of hydrogen-bond acceptors (Lipinski definition) is 3. The zero-order valence-electron chi connectivity index (χ0n) is 14.4. The lowest BCUT2D eigenvalue weighted by atomic mass is 9.87. The highest BCUT2D eigenvalue weighted by Crippen LogP contribution is 2.24. The molecular formula is C17H34N2O2. The molecule has 0 radical (unpaired) electrons. The first-order valence-electron chi connectivity index (χ1n) is 8.77. The number of amides is 1. The van der Waals surface area contributed by atoms with Gasteiger partial charge in [-0.2, -0.15) is 0 Å². The number of nitrogens with zero attached hydrogens (tertiary/aromatic N) is 1. The van der Waals surface area contributed by atoms with Crippen LogP contribution in [0.5, 0.6) is 0 Å². The molecule has 2 heterocycles. The lowest BCUT2D eigenvalue weighted by Gasteiger charge is -2.34. The van der Waals surface area contributed by atoms with Crippen LogP contribution in [0.3, 0.4) is 0 Å². The van der Waals surface area contributed by atoms with E-state index in [1.807, 2.05) is 18.7 Å². The molecule has 0 aromatic carbocycles. The third-order valence-corrected chi connectivity index (χ3v) is 4.56. The van der Waals surface area contributed by atoms with Crippen LogP contribution < -0.4 is 5.32 Å². The van der Waals surface area contributed by atoms with Crippen LogP contribution >= 0.6 is 0 Å². The van der Waals surface area contributed by atoms with Gasteiger partial charge < -0.3 is 15.0 Å². The summed E-state index contributed by atoms with van der Waals surface area (Å²) in [6.45, 7) is 12.7. The van der Waals surface area contributed by atoms with Gasteiger partial charge in [0.1, 0.15) is 6.61 Å². The van der Waals surface area contributed by atoms with E-state index in [2.05, 4.69) is 19.2 Å². The minimum Gasteiger partial charge on any atom is -0.368 e. The minimum absolute atomic E-state index is 0.181. The van der Waals surface area contributed by atoms with Gasteiger partial charge in [-0.1, -0.05) is 27.7 Å². The fourth-order valence-electron chi connectivity index (χ4n) is 3.06. The molecule has 4 nitrogen and oxygen atoms in total. The summed E-state index contributed by atoms with van der Waals surface area (Å²) in [7, 11) is 0. The van der Waals surface area contributed by atoms with Gasteiger partial charge in [0.05, 0.1) is 6.10 Å². The third kappa shape index (κ3) is 6.35. The maximum atomic E-state index is 12.1. The van der Waals surface area contributed by atoms with Gasteiger partial charge in [-0.05, 0) is 50.6 Å². The summed E-state index contributed by atoms with van der Waals surface area (Å²) in [6, 6.07) is 0. The second kappa shape index (κ2) is 10.2. The summed E-state index contributed by atoms with van der Waals surface area (Å²) < 4.78 is 5.74. The zero-order chi connectivity index (χ0) is 15.7. The van der Waals surface area contributed by atoms with Gasteiger partial charge in [0.25, 0.3) is 0 Å². The van der Waals surface area contributed by atoms with E-state index in [4.69, 9.17) is 4.74 Å². The Hall–Kier alpha value is -0.610. The van der Waals surface area contributed by atoms with Crippen molar-refractivity contribution in [3.8, 4) is 0 Å². The van der Waals surface area contributed by atoms with Crippen molar-refractivity contribution in [3.63, 3.8) is 0 Å². The molecule has 2 saturated heterocycles. The molecule has 2 aliphatic rings. The molecule has 0 bridgehead atoms. The van der Waals surface area contributed by atoms with Crippen LogP contribution in [0.15, 0.2) is 0 Å². The van der Waals surface area contributed by atoms with Gasteiger partial charge in [-0.3, -0.25) is 4.79 Å². The average molecular weight is 298 g/mol. The smallest absolute Gasteiger partial charge is 0.248 e. The largest absolute Gasteiger partial charge is 0.368 e. The number of hydrogen-bond donors (Lipinski definition) is 1. The van der Waals surface area contributed by atoms with Crippen LogP contribution in [0.2, 0.25) is 0 Å². The fraction of sp³-hybridized carbons (Fsp3) is 0.941. The number of ether oxygens (including phenoxy) is 1. The van der Waals surface area contributed by atoms with E-state index >= 15 is 0 Å². The van der Waals surface area contributed by atoms with Crippen molar-refractivity contribution in [2.24, 2.45) is 11.8 Å². The molecule has 0 aliphatic carbocycles. The number of carbonyl (C=O) groups is 1. The predicted octanol–water partition coefficient (Wildman–Crippen LogP) is 2.68. The second-order valence-electron chi connectivity index (χ2n) is 6.22. The average Bonchev–Trinajstić information content (AvgIpc) is 2.55. The Kier molecular flexibility index (Phi) is 8.93. The van der Waals surface area contributed by atoms with Gasteiger partial charge >= 0.3 is 0 Å². The summed E-state index contributed by atoms with van der Waals surface area (Å²) >= 11 is 0. The SMILES string of the molecule is CC.CC(C)C1CCN(C(=O)COC2CCNCC2)CC1. The molecule has 4 heteroatoms. The number of piperidine rings is 2. The highest BCUT2D eigenvalue weighted by Gasteiger charge is 2.25. The van der Waals surface area contributed by atoms with E-state index in [0.717, 1.165) is 63.7 Å². The molecule has 2 rings (SSSR count). The molecule has 2 fully saturated rings. The van der Waals surface area contributed by atoms with Crippen molar-refractivity contribution in [2.75, 3.05) is 32.8 Å². The molecule has 124 valence electrons. The Morgan fingerprint density at radius 2 is 1.71 bits per heavy atom. The van der Waals surface area contributed by atoms with E-state index < -0.39 is 0 Å². The summed E-state index contributed by atoms with van der Waals surface area (Å²) in [6.07, 6.45) is 4.64. The van der Waals surface area contributed by atoms with Gasteiger partial charge in [0.15, 0.2) is 0 Å². The molecule has 1 amide bonds. The quantitative estimate of drug-likeness (QED) is 0.867. The predicted molar refractivity (Wildman–Crippen MR) is 87.3 cm³/mol. The maximum absolute atomic E-state index is 12.1. The van der Waals surface area contributed by atoms with Crippen molar-refractivity contribution >= 4 is 5.91 Å². The van der Waals surface area contributed by atoms with Crippen LogP contribution in [0, 0.1) is 11.8 Å². The van der Waals surface area contributed by atoms with Gasteiger partial charge in [0.2, 0.25) is 5.91 Å². The van der Waals surface area contributed by atoms with Gasteiger partial charge in [-0.25, -0.2) is 0 Å². The van der Waals surface area contributed by atoms with Crippen molar-refractivity contribution in [1.82, 2.24) is 10.2 Å². The van der Waals surface area contributed by atoms with E-state index in [9.17, 15) is 4.79 Å². The lowest BCUT2D eigenvalue weighted by Crippen LogP contribution is -2.42. The van der Waals surface area contributed by atoms with Crippen molar-refractivity contribution in [1.29, 1.82) is 0 Å². The summed E-state index contributed by atoms with van der Waals surface area (Å²) in [5, 5.41) is 3.31. The topological polar surface area (TPSA) is 41.6 Å². The Bertz CT molecular complexity index is 281. The minimum atomic E-state index is 0.181. The normalized spacial score (nSPS) is 21.1. The highest BCUT2D eigenvalue weighted by molar-refractivity contribution is 5.77. The molecule has 2 aliphatic heterocycles. The van der Waals surface area contributed by atoms with Crippen LogP contribution in [-0.2, 0) is 9.53 Å². The monoisotopic (exact) mass is 298 g/mol. The van der Waals surface area contributed by atoms with E-state index in [1.165, 1.54) is 0 Å². The van der Waals surface area contributed by atoms with Crippen LogP contribution in [0.1, 0.15) is 53.4 Å². The molecule has 0 aromatic heterocycles. The van der Waals surface area contributed by atoms with Crippen LogP contribution in [0.25, 0.3) is 0 Å². The third-order valence-electron chi connectivity index (χ3n) is 4.56. The molecule has 0 saturated carbocycles. The lowest BCUT2D eigenvalue weighted by molar-refractivity contribution is -0.140. The molecule has 1 N–H and O–H groups in total. The van der Waals surface area contributed by atoms with E-state index in [1.54, 1.807) is 0 Å². The van der Waals surface area contributed by atoms with Crippen molar-refractivity contribution in [3.05, 3.63) is 0 Å². The van der Waals surface area contributed by atoms with E-state index in [-0.39, 0.29) is 18.6 Å². The summed E-state index contributed by atoms with van der Waals surface area (Å²) in [5.74, 6) is 1.71. The van der Waals surface area contributed by atoms with Crippen molar-refractivity contribution < 1.29 is 9.53 Å². The first-order valence-corrected chi connectivity index (χ1v) is 8.77. The molecule has 0 spiro atoms. The Morgan fingerprint density at radius 3 is 2.24 bits per heavy atom. The highest BCUT2D eigenvalue weighted by atomic mass is 16.5. The number of likely N-dealkylation sites (tertiary alicyclic amines) is 1. The fourth-order valence-corrected chi connectivity index (χ4v) is 3.06. The van der Waals surface area contributed by atoms with E-state index in [0.29, 0.717) is 0 Å². The zero-order valence-corrected chi connectivity index (χ0v) is 14.4. The van der Waals surface area contributed by atoms with Gasteiger partial charge in [-0.15, -0.1) is 0 Å².